The van der Waals surface area contributed by atoms with Crippen LogP contribution in [0.15, 0.2) is 36.5 Å². The number of carbonyl (C=O) groups is 1. The maximum Gasteiger partial charge on any atom is 0.255 e. The fraction of sp³-hybridized carbons (Fsp3) is 0.412. The molecule has 1 aromatic carbocycles. The molecule has 2 N–H and O–H groups in total. The highest BCUT2D eigenvalue weighted by Crippen LogP contribution is 2.21. The number of aromatic amines is 1. The SMILES string of the molecule is CCN1CCC[C@@H](NC(=O)c2cn[nH]c2-c2ccccc2)C1. The summed E-state index contributed by atoms with van der Waals surface area (Å²) in [5, 5.41) is 10.1. The molecule has 5 heteroatoms. The van der Waals surface area contributed by atoms with Crippen molar-refractivity contribution in [1.29, 1.82) is 0 Å². The summed E-state index contributed by atoms with van der Waals surface area (Å²) in [5.74, 6) is -0.0458. The lowest BCUT2D eigenvalue weighted by Gasteiger charge is -2.32. The molecule has 0 bridgehead atoms. The van der Waals surface area contributed by atoms with Crippen LogP contribution in [0.3, 0.4) is 0 Å². The van der Waals surface area contributed by atoms with Crippen LogP contribution in [-0.4, -0.2) is 46.7 Å². The highest BCUT2D eigenvalue weighted by Gasteiger charge is 2.22. The van der Waals surface area contributed by atoms with E-state index in [0.29, 0.717) is 5.56 Å². The van der Waals surface area contributed by atoms with Gasteiger partial charge in [-0.2, -0.15) is 5.10 Å². The number of likely N-dealkylation sites (tertiary alicyclic amines) is 1. The van der Waals surface area contributed by atoms with Gasteiger partial charge in [-0.15, -0.1) is 0 Å². The van der Waals surface area contributed by atoms with Gasteiger partial charge in [0, 0.05) is 18.2 Å². The summed E-state index contributed by atoms with van der Waals surface area (Å²) in [6.45, 7) is 5.26. The number of aromatic nitrogens is 2. The molecule has 1 aromatic heterocycles. The number of likely N-dealkylation sites (N-methyl/N-ethyl adjacent to an activating group) is 1. The lowest BCUT2D eigenvalue weighted by molar-refractivity contribution is 0.0906. The molecule has 1 atom stereocenters. The van der Waals surface area contributed by atoms with Gasteiger partial charge in [0.2, 0.25) is 0 Å². The minimum absolute atomic E-state index is 0.0458. The molecule has 1 fully saturated rings. The van der Waals surface area contributed by atoms with Crippen LogP contribution in [0.4, 0.5) is 0 Å². The van der Waals surface area contributed by atoms with Crippen molar-refractivity contribution >= 4 is 5.91 Å². The van der Waals surface area contributed by atoms with Gasteiger partial charge < -0.3 is 10.2 Å². The minimum atomic E-state index is -0.0458. The van der Waals surface area contributed by atoms with E-state index in [2.05, 4.69) is 27.3 Å². The van der Waals surface area contributed by atoms with Gasteiger partial charge in [0.25, 0.3) is 5.91 Å². The molecule has 0 radical (unpaired) electrons. The van der Waals surface area contributed by atoms with Crippen LogP contribution in [0.5, 0.6) is 0 Å². The largest absolute Gasteiger partial charge is 0.348 e. The van der Waals surface area contributed by atoms with Crippen LogP contribution in [0.2, 0.25) is 0 Å². The molecular weight excluding hydrogens is 276 g/mol. The van der Waals surface area contributed by atoms with Crippen LogP contribution < -0.4 is 5.32 Å². The molecule has 116 valence electrons. The third-order valence-corrected chi connectivity index (χ3v) is 4.23. The highest BCUT2D eigenvalue weighted by molar-refractivity contribution is 5.99. The fourth-order valence-corrected chi connectivity index (χ4v) is 3.01. The minimum Gasteiger partial charge on any atom is -0.348 e. The molecule has 22 heavy (non-hydrogen) atoms. The molecule has 1 saturated heterocycles. The average Bonchev–Trinajstić information content (AvgIpc) is 3.05. The van der Waals surface area contributed by atoms with Gasteiger partial charge in [-0.25, -0.2) is 0 Å². The molecule has 1 aliphatic heterocycles. The van der Waals surface area contributed by atoms with Gasteiger partial charge in [-0.3, -0.25) is 9.89 Å². The first-order chi connectivity index (χ1) is 10.8. The van der Waals surface area contributed by atoms with Gasteiger partial charge in [0.15, 0.2) is 0 Å². The quantitative estimate of drug-likeness (QED) is 0.910. The van der Waals surface area contributed by atoms with Crippen LogP contribution in [0, 0.1) is 0 Å². The number of carbonyl (C=O) groups excluding carboxylic acids is 1. The number of nitrogens with zero attached hydrogens (tertiary/aromatic N) is 2. The standard InChI is InChI=1S/C17H22N4O/c1-2-21-10-6-9-14(12-21)19-17(22)15-11-18-20-16(15)13-7-4-3-5-8-13/h3-5,7-8,11,14H,2,6,9-10,12H2,1H3,(H,18,20)(H,19,22)/t14-/m1/s1. The second-order valence-corrected chi connectivity index (χ2v) is 5.73. The Morgan fingerprint density at radius 1 is 1.41 bits per heavy atom. The zero-order chi connectivity index (χ0) is 15.4. The van der Waals surface area contributed by atoms with E-state index in [4.69, 9.17) is 0 Å². The number of rotatable bonds is 4. The van der Waals surface area contributed by atoms with E-state index in [0.717, 1.165) is 43.7 Å². The van der Waals surface area contributed by atoms with E-state index in [1.54, 1.807) is 6.20 Å². The summed E-state index contributed by atoms with van der Waals surface area (Å²) in [5.41, 5.74) is 2.37. The maximum atomic E-state index is 12.6. The third kappa shape index (κ3) is 3.20. The van der Waals surface area contributed by atoms with Gasteiger partial charge >= 0.3 is 0 Å². The number of H-pyrrole nitrogens is 1. The van der Waals surface area contributed by atoms with Gasteiger partial charge in [0.1, 0.15) is 0 Å². The number of nitrogens with one attached hydrogen (secondary N) is 2. The molecule has 1 aliphatic rings. The number of hydrogen-bond donors (Lipinski definition) is 2. The molecular formula is C17H22N4O. The topological polar surface area (TPSA) is 61.0 Å². The normalized spacial score (nSPS) is 19.0. The number of hydrogen-bond acceptors (Lipinski definition) is 3. The van der Waals surface area contributed by atoms with Gasteiger partial charge in [-0.05, 0) is 25.9 Å². The molecule has 5 nitrogen and oxygen atoms in total. The predicted octanol–water partition coefficient (Wildman–Crippen LogP) is 2.29. The molecule has 0 spiro atoms. The average molecular weight is 298 g/mol. The molecule has 1 amide bonds. The lowest BCUT2D eigenvalue weighted by Crippen LogP contribution is -2.47. The van der Waals surface area contributed by atoms with Crippen LogP contribution in [-0.2, 0) is 0 Å². The van der Waals surface area contributed by atoms with Crippen LogP contribution in [0.25, 0.3) is 11.3 Å². The highest BCUT2D eigenvalue weighted by atomic mass is 16.1. The van der Waals surface area contributed by atoms with Crippen molar-refractivity contribution in [3.63, 3.8) is 0 Å². The first kappa shape index (κ1) is 14.8. The summed E-state index contributed by atoms with van der Waals surface area (Å²) >= 11 is 0. The second-order valence-electron chi connectivity index (χ2n) is 5.73. The van der Waals surface area contributed by atoms with E-state index >= 15 is 0 Å². The first-order valence-electron chi connectivity index (χ1n) is 7.90. The van der Waals surface area contributed by atoms with Gasteiger partial charge in [0.05, 0.1) is 17.5 Å². The summed E-state index contributed by atoms with van der Waals surface area (Å²) in [4.78, 5) is 15.0. The van der Waals surface area contributed by atoms with Gasteiger partial charge in [-0.1, -0.05) is 37.3 Å². The Balaban J connectivity index is 1.72. The molecule has 2 aromatic rings. The first-order valence-corrected chi connectivity index (χ1v) is 7.90. The molecule has 3 rings (SSSR count). The Kier molecular flexibility index (Phi) is 4.53. The Labute approximate surface area is 130 Å². The predicted molar refractivity (Wildman–Crippen MR) is 86.6 cm³/mol. The van der Waals surface area contributed by atoms with E-state index in [-0.39, 0.29) is 11.9 Å². The summed E-state index contributed by atoms with van der Waals surface area (Å²) in [7, 11) is 0. The molecule has 0 unspecified atom stereocenters. The Morgan fingerprint density at radius 3 is 3.00 bits per heavy atom. The monoisotopic (exact) mass is 298 g/mol. The van der Waals surface area contributed by atoms with Crippen LogP contribution >= 0.6 is 0 Å². The summed E-state index contributed by atoms with van der Waals surface area (Å²) in [6.07, 6.45) is 3.79. The van der Waals surface area contributed by atoms with Crippen molar-refractivity contribution < 1.29 is 4.79 Å². The summed E-state index contributed by atoms with van der Waals surface area (Å²) in [6, 6.07) is 10.0. The molecule has 0 saturated carbocycles. The van der Waals surface area contributed by atoms with E-state index in [1.165, 1.54) is 0 Å². The van der Waals surface area contributed by atoms with Crippen molar-refractivity contribution in [2.24, 2.45) is 0 Å². The lowest BCUT2D eigenvalue weighted by atomic mass is 10.0. The van der Waals surface area contributed by atoms with Crippen molar-refractivity contribution in [3.05, 3.63) is 42.1 Å². The van der Waals surface area contributed by atoms with E-state index in [9.17, 15) is 4.79 Å². The van der Waals surface area contributed by atoms with Crippen LogP contribution in [0.1, 0.15) is 30.1 Å². The maximum absolute atomic E-state index is 12.6. The second kappa shape index (κ2) is 6.75. The third-order valence-electron chi connectivity index (χ3n) is 4.23. The number of amides is 1. The fourth-order valence-electron chi connectivity index (χ4n) is 3.01. The molecule has 2 heterocycles. The Morgan fingerprint density at radius 2 is 2.23 bits per heavy atom. The van der Waals surface area contributed by atoms with E-state index in [1.807, 2.05) is 30.3 Å². The van der Waals surface area contributed by atoms with Crippen molar-refractivity contribution in [3.8, 4) is 11.3 Å². The van der Waals surface area contributed by atoms with Crippen molar-refractivity contribution in [1.82, 2.24) is 20.4 Å². The number of piperidine rings is 1. The molecule has 0 aliphatic carbocycles. The zero-order valence-corrected chi connectivity index (χ0v) is 12.9. The Bertz CT molecular complexity index is 623. The smallest absolute Gasteiger partial charge is 0.255 e. The zero-order valence-electron chi connectivity index (χ0n) is 12.9. The number of benzene rings is 1. The van der Waals surface area contributed by atoms with Crippen molar-refractivity contribution in [2.75, 3.05) is 19.6 Å². The van der Waals surface area contributed by atoms with Crippen molar-refractivity contribution in [2.45, 2.75) is 25.8 Å². The summed E-state index contributed by atoms with van der Waals surface area (Å²) < 4.78 is 0. The van der Waals surface area contributed by atoms with E-state index < -0.39 is 0 Å². The Hall–Kier alpha value is -2.14.